The van der Waals surface area contributed by atoms with Crippen LogP contribution in [0, 0.1) is 0 Å². The molecular formula is C8H18OSSi. The molecule has 0 radical (unpaired) electrons. The highest BCUT2D eigenvalue weighted by Gasteiger charge is 2.22. The van der Waals surface area contributed by atoms with Crippen LogP contribution in [0.3, 0.4) is 0 Å². The van der Waals surface area contributed by atoms with E-state index < -0.39 is 18.9 Å². The molecule has 0 amide bonds. The SMILES string of the molecule is C[Si]1(C)CCCS(=O)CCC1. The summed E-state index contributed by atoms with van der Waals surface area (Å²) in [5.41, 5.74) is 0. The molecular weight excluding hydrogens is 172 g/mol. The molecule has 0 aliphatic carbocycles. The van der Waals surface area contributed by atoms with Crippen molar-refractivity contribution in [1.82, 2.24) is 0 Å². The first kappa shape index (κ1) is 9.45. The molecule has 1 fully saturated rings. The molecule has 1 aliphatic rings. The van der Waals surface area contributed by atoms with Crippen LogP contribution in [0.15, 0.2) is 0 Å². The van der Waals surface area contributed by atoms with Crippen LogP contribution < -0.4 is 0 Å². The monoisotopic (exact) mass is 190 g/mol. The van der Waals surface area contributed by atoms with E-state index in [0.717, 1.165) is 11.5 Å². The van der Waals surface area contributed by atoms with Gasteiger partial charge < -0.3 is 0 Å². The second-order valence-corrected chi connectivity index (χ2v) is 11.2. The van der Waals surface area contributed by atoms with Crippen molar-refractivity contribution in [2.24, 2.45) is 0 Å². The summed E-state index contributed by atoms with van der Waals surface area (Å²) in [7, 11) is -1.32. The molecule has 66 valence electrons. The summed E-state index contributed by atoms with van der Waals surface area (Å²) >= 11 is 0. The molecule has 0 atom stereocenters. The van der Waals surface area contributed by atoms with Gasteiger partial charge in [0.15, 0.2) is 0 Å². The molecule has 0 bridgehead atoms. The van der Waals surface area contributed by atoms with Gasteiger partial charge >= 0.3 is 0 Å². The molecule has 0 saturated carbocycles. The van der Waals surface area contributed by atoms with Crippen molar-refractivity contribution in [3.63, 3.8) is 0 Å². The van der Waals surface area contributed by atoms with Gasteiger partial charge in [-0.25, -0.2) is 0 Å². The molecule has 11 heavy (non-hydrogen) atoms. The fourth-order valence-electron chi connectivity index (χ4n) is 1.65. The Kier molecular flexibility index (Phi) is 3.31. The van der Waals surface area contributed by atoms with Gasteiger partial charge in [-0.05, 0) is 12.8 Å². The second kappa shape index (κ2) is 3.85. The standard InChI is InChI=1S/C8H18OSSi/c1-11(2)7-3-5-10(9)6-4-8-11/h3-8H2,1-2H3. The number of hydrogen-bond donors (Lipinski definition) is 0. The van der Waals surface area contributed by atoms with Crippen LogP contribution in [0.2, 0.25) is 25.2 Å². The maximum Gasteiger partial charge on any atom is 0.0474 e. The normalized spacial score (nSPS) is 27.5. The van der Waals surface area contributed by atoms with Crippen LogP contribution in [0.25, 0.3) is 0 Å². The fourth-order valence-corrected chi connectivity index (χ4v) is 5.82. The summed E-state index contributed by atoms with van der Waals surface area (Å²) in [4.78, 5) is 0. The largest absolute Gasteiger partial charge is 0.260 e. The van der Waals surface area contributed by atoms with Gasteiger partial charge in [0, 0.05) is 30.4 Å². The van der Waals surface area contributed by atoms with Crippen molar-refractivity contribution in [3.8, 4) is 0 Å². The molecule has 1 aliphatic heterocycles. The van der Waals surface area contributed by atoms with E-state index in [-0.39, 0.29) is 0 Å². The Hall–Kier alpha value is 0.367. The third-order valence-electron chi connectivity index (χ3n) is 2.45. The van der Waals surface area contributed by atoms with Gasteiger partial charge in [0.25, 0.3) is 0 Å². The van der Waals surface area contributed by atoms with Crippen LogP contribution in [-0.2, 0) is 10.8 Å². The first-order chi connectivity index (χ1) is 5.10. The van der Waals surface area contributed by atoms with Gasteiger partial charge in [-0.3, -0.25) is 4.21 Å². The van der Waals surface area contributed by atoms with Crippen molar-refractivity contribution >= 4 is 18.9 Å². The molecule has 0 aromatic carbocycles. The summed E-state index contributed by atoms with van der Waals surface area (Å²) in [6.45, 7) is 4.92. The lowest BCUT2D eigenvalue weighted by Gasteiger charge is -2.24. The number of rotatable bonds is 0. The molecule has 0 N–H and O–H groups in total. The zero-order valence-corrected chi connectivity index (χ0v) is 9.38. The lowest BCUT2D eigenvalue weighted by molar-refractivity contribution is 0.679. The van der Waals surface area contributed by atoms with Crippen LogP contribution in [0.1, 0.15) is 12.8 Å². The highest BCUT2D eigenvalue weighted by atomic mass is 32.2. The lowest BCUT2D eigenvalue weighted by atomic mass is 10.5. The highest BCUT2D eigenvalue weighted by molar-refractivity contribution is 7.84. The molecule has 0 aromatic heterocycles. The molecule has 1 nitrogen and oxygen atoms in total. The summed E-state index contributed by atoms with van der Waals surface area (Å²) in [5.74, 6) is 1.94. The van der Waals surface area contributed by atoms with E-state index in [9.17, 15) is 4.21 Å². The highest BCUT2D eigenvalue weighted by Crippen LogP contribution is 2.22. The van der Waals surface area contributed by atoms with Gasteiger partial charge in [-0.15, -0.1) is 0 Å². The van der Waals surface area contributed by atoms with E-state index >= 15 is 0 Å². The smallest absolute Gasteiger partial charge is 0.0474 e. The molecule has 1 heterocycles. The van der Waals surface area contributed by atoms with Gasteiger partial charge in [-0.1, -0.05) is 25.2 Å². The zero-order valence-electron chi connectivity index (χ0n) is 7.56. The van der Waals surface area contributed by atoms with Gasteiger partial charge in [0.1, 0.15) is 0 Å². The maximum atomic E-state index is 11.2. The summed E-state index contributed by atoms with van der Waals surface area (Å²) in [6, 6.07) is 2.78. The van der Waals surface area contributed by atoms with Crippen LogP contribution in [0.5, 0.6) is 0 Å². The van der Waals surface area contributed by atoms with Gasteiger partial charge in [0.2, 0.25) is 0 Å². The van der Waals surface area contributed by atoms with E-state index in [1.807, 2.05) is 0 Å². The topological polar surface area (TPSA) is 17.1 Å². The Morgan fingerprint density at radius 1 is 1.09 bits per heavy atom. The molecule has 3 heteroatoms. The molecule has 1 rings (SSSR count). The molecule has 0 aromatic rings. The van der Waals surface area contributed by atoms with Crippen LogP contribution >= 0.6 is 0 Å². The fraction of sp³-hybridized carbons (Fsp3) is 1.00. The van der Waals surface area contributed by atoms with Gasteiger partial charge in [-0.2, -0.15) is 0 Å². The zero-order chi connectivity index (χ0) is 8.32. The first-order valence-corrected chi connectivity index (χ1v) is 9.35. The minimum atomic E-state index is -0.837. The van der Waals surface area contributed by atoms with E-state index in [1.54, 1.807) is 0 Å². The maximum absolute atomic E-state index is 11.2. The van der Waals surface area contributed by atoms with E-state index in [1.165, 1.54) is 24.9 Å². The second-order valence-electron chi connectivity index (χ2n) is 4.22. The van der Waals surface area contributed by atoms with E-state index in [4.69, 9.17) is 0 Å². The van der Waals surface area contributed by atoms with E-state index in [0.29, 0.717) is 0 Å². The predicted molar refractivity (Wildman–Crippen MR) is 54.2 cm³/mol. The molecule has 0 spiro atoms. The first-order valence-electron chi connectivity index (χ1n) is 4.45. The third kappa shape index (κ3) is 3.52. The Labute approximate surface area is 73.0 Å². The minimum absolute atomic E-state index is 0.480. The van der Waals surface area contributed by atoms with Crippen LogP contribution in [0.4, 0.5) is 0 Å². The Bertz CT molecular complexity index is 142. The van der Waals surface area contributed by atoms with Crippen molar-refractivity contribution in [2.75, 3.05) is 11.5 Å². The Balaban J connectivity index is 2.41. The Morgan fingerprint density at radius 2 is 1.55 bits per heavy atom. The average molecular weight is 190 g/mol. The predicted octanol–water partition coefficient (Wildman–Crippen LogP) is 2.24. The van der Waals surface area contributed by atoms with Crippen molar-refractivity contribution in [3.05, 3.63) is 0 Å². The molecule has 0 unspecified atom stereocenters. The van der Waals surface area contributed by atoms with Crippen molar-refractivity contribution in [2.45, 2.75) is 38.0 Å². The Morgan fingerprint density at radius 3 is 2.00 bits per heavy atom. The van der Waals surface area contributed by atoms with Gasteiger partial charge in [0.05, 0.1) is 0 Å². The van der Waals surface area contributed by atoms with Crippen molar-refractivity contribution < 1.29 is 4.21 Å². The summed E-state index contributed by atoms with van der Waals surface area (Å²) < 4.78 is 11.2. The quantitative estimate of drug-likeness (QED) is 0.535. The van der Waals surface area contributed by atoms with Crippen LogP contribution in [-0.4, -0.2) is 23.8 Å². The summed E-state index contributed by atoms with van der Waals surface area (Å²) in [6.07, 6.45) is 2.43. The third-order valence-corrected chi connectivity index (χ3v) is 7.35. The van der Waals surface area contributed by atoms with E-state index in [2.05, 4.69) is 13.1 Å². The summed E-state index contributed by atoms with van der Waals surface area (Å²) in [5, 5.41) is 0. The lowest BCUT2D eigenvalue weighted by Crippen LogP contribution is -2.28. The average Bonchev–Trinajstić information content (AvgIpc) is 1.83. The minimum Gasteiger partial charge on any atom is -0.260 e. The number of hydrogen-bond acceptors (Lipinski definition) is 1. The molecule has 1 saturated heterocycles. The van der Waals surface area contributed by atoms with Crippen molar-refractivity contribution in [1.29, 1.82) is 0 Å².